The maximum absolute atomic E-state index is 13.0. The van der Waals surface area contributed by atoms with E-state index in [1.165, 1.54) is 5.56 Å². The fourth-order valence-electron chi connectivity index (χ4n) is 3.95. The van der Waals surface area contributed by atoms with Gasteiger partial charge in [-0.3, -0.25) is 15.1 Å². The van der Waals surface area contributed by atoms with Gasteiger partial charge in [0.2, 0.25) is 0 Å². The first-order valence-electron chi connectivity index (χ1n) is 9.91. The van der Waals surface area contributed by atoms with Gasteiger partial charge in [0, 0.05) is 30.9 Å². The fourth-order valence-corrected chi connectivity index (χ4v) is 3.95. The average Bonchev–Trinajstić information content (AvgIpc) is 3.05. The maximum Gasteiger partial charge on any atom is 0.253 e. The molecule has 28 heavy (non-hydrogen) atoms. The molecule has 5 nitrogen and oxygen atoms in total. The highest BCUT2D eigenvalue weighted by Crippen LogP contribution is 2.31. The Labute approximate surface area is 166 Å². The van der Waals surface area contributed by atoms with E-state index in [2.05, 4.69) is 49.6 Å². The van der Waals surface area contributed by atoms with Crippen molar-refractivity contribution in [1.82, 2.24) is 10.2 Å². The molecule has 2 aromatic carbocycles. The Bertz CT molecular complexity index is 900. The van der Waals surface area contributed by atoms with E-state index in [1.807, 2.05) is 41.3 Å². The van der Waals surface area contributed by atoms with E-state index in [1.54, 1.807) is 0 Å². The van der Waals surface area contributed by atoms with Gasteiger partial charge in [0.05, 0.1) is 11.1 Å². The fraction of sp³-hybridized carbons (Fsp3) is 0.391. The number of nitrogens with zero attached hydrogens (tertiary/aromatic N) is 2. The molecule has 0 aliphatic carbocycles. The van der Waals surface area contributed by atoms with Gasteiger partial charge in [-0.15, -0.1) is 0 Å². The lowest BCUT2D eigenvalue weighted by molar-refractivity contribution is 0.0786. The first-order valence-corrected chi connectivity index (χ1v) is 9.91. The third kappa shape index (κ3) is 3.67. The van der Waals surface area contributed by atoms with Gasteiger partial charge in [0.15, 0.2) is 0 Å². The van der Waals surface area contributed by atoms with Crippen LogP contribution in [0.1, 0.15) is 43.1 Å². The molecule has 1 atom stereocenters. The molecule has 2 aliphatic heterocycles. The number of para-hydroxylation sites is 1. The molecule has 0 radical (unpaired) electrons. The zero-order valence-electron chi connectivity index (χ0n) is 16.8. The van der Waals surface area contributed by atoms with Gasteiger partial charge in [-0.25, -0.2) is 0 Å². The van der Waals surface area contributed by atoms with E-state index >= 15 is 0 Å². The highest BCUT2D eigenvalue weighted by atomic mass is 16.2. The highest BCUT2D eigenvalue weighted by Gasteiger charge is 2.46. The second-order valence-electron chi connectivity index (χ2n) is 8.69. The summed E-state index contributed by atoms with van der Waals surface area (Å²) in [6.07, 6.45) is 0.835. The molecule has 1 fully saturated rings. The Hall–Kier alpha value is -2.66. The van der Waals surface area contributed by atoms with Crippen molar-refractivity contribution in [2.24, 2.45) is 4.99 Å². The topological polar surface area (TPSA) is 56.7 Å². The molecule has 1 amide bonds. The van der Waals surface area contributed by atoms with Crippen LogP contribution >= 0.6 is 0 Å². The molecule has 2 heterocycles. The van der Waals surface area contributed by atoms with Crippen LogP contribution in [0, 0.1) is 0 Å². The van der Waals surface area contributed by atoms with Crippen molar-refractivity contribution in [2.45, 2.75) is 44.8 Å². The molecule has 146 valence electrons. The van der Waals surface area contributed by atoms with E-state index in [0.29, 0.717) is 13.1 Å². The monoisotopic (exact) mass is 376 g/mol. The van der Waals surface area contributed by atoms with Crippen molar-refractivity contribution < 1.29 is 4.79 Å². The Morgan fingerprint density at radius 1 is 1.07 bits per heavy atom. The summed E-state index contributed by atoms with van der Waals surface area (Å²) in [5, 5.41) is 7.33. The Morgan fingerprint density at radius 3 is 2.54 bits per heavy atom. The van der Waals surface area contributed by atoms with E-state index in [0.717, 1.165) is 30.1 Å². The van der Waals surface area contributed by atoms with Gasteiger partial charge in [0.1, 0.15) is 5.84 Å². The quantitative estimate of drug-likeness (QED) is 0.798. The summed E-state index contributed by atoms with van der Waals surface area (Å²) < 4.78 is 0. The molecule has 2 aliphatic rings. The van der Waals surface area contributed by atoms with E-state index < -0.39 is 0 Å². The largest absolute Gasteiger partial charge is 0.342 e. The second-order valence-corrected chi connectivity index (χ2v) is 8.69. The van der Waals surface area contributed by atoms with Crippen LogP contribution in [0.25, 0.3) is 0 Å². The predicted octanol–water partition coefficient (Wildman–Crippen LogP) is 3.68. The highest BCUT2D eigenvalue weighted by molar-refractivity contribution is 6.05. The number of rotatable bonds is 1. The number of likely N-dealkylation sites (tertiary alicyclic amines) is 1. The summed E-state index contributed by atoms with van der Waals surface area (Å²) in [5.41, 5.74) is 2.46. The number of carbonyl (C=O) groups is 1. The van der Waals surface area contributed by atoms with Crippen LogP contribution in [0.4, 0.5) is 5.69 Å². The number of amides is 1. The van der Waals surface area contributed by atoms with Crippen molar-refractivity contribution >= 4 is 17.4 Å². The zero-order chi connectivity index (χ0) is 19.8. The Balaban J connectivity index is 1.67. The summed E-state index contributed by atoms with van der Waals surface area (Å²) >= 11 is 0. The molecule has 0 aromatic heterocycles. The van der Waals surface area contributed by atoms with Gasteiger partial charge in [-0.2, -0.15) is 0 Å². The maximum atomic E-state index is 13.0. The van der Waals surface area contributed by atoms with Crippen molar-refractivity contribution in [2.75, 3.05) is 18.4 Å². The number of hydrogen-bond acceptors (Lipinski definition) is 3. The molecule has 1 spiro atoms. The molecule has 0 unspecified atom stereocenters. The molecule has 2 N–H and O–H groups in total. The second kappa shape index (κ2) is 7.06. The van der Waals surface area contributed by atoms with Crippen molar-refractivity contribution in [3.63, 3.8) is 0 Å². The van der Waals surface area contributed by atoms with Crippen LogP contribution in [0.5, 0.6) is 0 Å². The Kier molecular flexibility index (Phi) is 4.71. The zero-order valence-corrected chi connectivity index (χ0v) is 16.8. The van der Waals surface area contributed by atoms with Gasteiger partial charge in [-0.1, -0.05) is 36.4 Å². The average molecular weight is 377 g/mol. The summed E-state index contributed by atoms with van der Waals surface area (Å²) in [7, 11) is 0. The molecule has 0 bridgehead atoms. The molecule has 0 saturated carbocycles. The number of benzene rings is 2. The van der Waals surface area contributed by atoms with Crippen LogP contribution in [-0.4, -0.2) is 40.8 Å². The van der Waals surface area contributed by atoms with Crippen molar-refractivity contribution in [3.05, 3.63) is 65.7 Å². The lowest BCUT2D eigenvalue weighted by atomic mass is 9.95. The van der Waals surface area contributed by atoms with Crippen LogP contribution in [-0.2, 0) is 6.54 Å². The normalized spacial score (nSPS) is 23.4. The van der Waals surface area contributed by atoms with E-state index in [9.17, 15) is 4.79 Å². The predicted molar refractivity (Wildman–Crippen MR) is 114 cm³/mol. The SMILES string of the molecule is CC(C)(C)N=C1Nc2ccccc2CN[C@@]12CCN(C(=O)c1ccccc1)C2. The van der Waals surface area contributed by atoms with Gasteiger partial charge in [-0.05, 0) is 51.0 Å². The number of amidine groups is 1. The van der Waals surface area contributed by atoms with Gasteiger partial charge in [0.25, 0.3) is 5.91 Å². The van der Waals surface area contributed by atoms with Crippen LogP contribution in [0.3, 0.4) is 0 Å². The number of aliphatic imine (C=N–C) groups is 1. The molecule has 4 rings (SSSR count). The first-order chi connectivity index (χ1) is 13.4. The van der Waals surface area contributed by atoms with E-state index in [-0.39, 0.29) is 17.0 Å². The van der Waals surface area contributed by atoms with Crippen LogP contribution < -0.4 is 10.6 Å². The number of carbonyl (C=O) groups excluding carboxylic acids is 1. The standard InChI is InChI=1S/C23H28N4O/c1-22(2,3)26-21-23(24-15-18-11-7-8-12-19(18)25-21)13-14-27(16-23)20(28)17-9-5-4-6-10-17/h4-12,24H,13-16H2,1-3H3,(H,25,26)/t23-/m1/s1. The van der Waals surface area contributed by atoms with Crippen LogP contribution in [0.15, 0.2) is 59.6 Å². The van der Waals surface area contributed by atoms with E-state index in [4.69, 9.17) is 4.99 Å². The third-order valence-electron chi connectivity index (χ3n) is 5.37. The first kappa shape index (κ1) is 18.7. The number of nitrogens with one attached hydrogen (secondary N) is 2. The minimum absolute atomic E-state index is 0.0798. The number of fused-ring (bicyclic) bond motifs is 1. The summed E-state index contributed by atoms with van der Waals surface area (Å²) in [5.74, 6) is 1.00. The lowest BCUT2D eigenvalue weighted by Gasteiger charge is -2.32. The summed E-state index contributed by atoms with van der Waals surface area (Å²) in [6.45, 7) is 8.38. The number of anilines is 1. The summed E-state index contributed by atoms with van der Waals surface area (Å²) in [6, 6.07) is 17.8. The van der Waals surface area contributed by atoms with Crippen molar-refractivity contribution in [1.29, 1.82) is 0 Å². The molecule has 1 saturated heterocycles. The third-order valence-corrected chi connectivity index (χ3v) is 5.37. The van der Waals surface area contributed by atoms with Crippen molar-refractivity contribution in [3.8, 4) is 0 Å². The minimum atomic E-state index is -0.364. The minimum Gasteiger partial charge on any atom is -0.342 e. The van der Waals surface area contributed by atoms with Gasteiger partial charge < -0.3 is 10.2 Å². The summed E-state index contributed by atoms with van der Waals surface area (Å²) in [4.78, 5) is 20.0. The molecular formula is C23H28N4O. The molecule has 5 heteroatoms. The number of hydrogen-bond donors (Lipinski definition) is 2. The lowest BCUT2D eigenvalue weighted by Crippen LogP contribution is -2.56. The smallest absolute Gasteiger partial charge is 0.253 e. The Morgan fingerprint density at radius 2 is 1.79 bits per heavy atom. The molecular weight excluding hydrogens is 348 g/mol. The van der Waals surface area contributed by atoms with Gasteiger partial charge >= 0.3 is 0 Å². The molecule has 2 aromatic rings. The van der Waals surface area contributed by atoms with Crippen LogP contribution in [0.2, 0.25) is 0 Å².